The highest BCUT2D eigenvalue weighted by molar-refractivity contribution is 9.09. The normalized spacial score (nSPS) is 50.0. The summed E-state index contributed by atoms with van der Waals surface area (Å²) in [5.41, 5.74) is -0.468. The van der Waals surface area contributed by atoms with Gasteiger partial charge in [-0.05, 0) is 106 Å². The van der Waals surface area contributed by atoms with Crippen LogP contribution in [0.3, 0.4) is 0 Å². The first-order valence-corrected chi connectivity index (χ1v) is 12.9. The molecule has 0 unspecified atom stereocenters. The van der Waals surface area contributed by atoms with Crippen LogP contribution in [0.5, 0.6) is 0 Å². The van der Waals surface area contributed by atoms with Crippen molar-refractivity contribution in [2.75, 3.05) is 5.33 Å². The molecule has 5 fully saturated rings. The first-order valence-electron chi connectivity index (χ1n) is 11.8. The molecule has 5 rings (SSSR count). The molecule has 8 atom stereocenters. The first-order chi connectivity index (χ1) is 13.4. The third kappa shape index (κ3) is 3.22. The summed E-state index contributed by atoms with van der Waals surface area (Å²) in [7, 11) is 0. The number of fused-ring (bicyclic) bond motifs is 5. The number of hydrogen-bond acceptors (Lipinski definition) is 2. The second-order valence-corrected chi connectivity index (χ2v) is 11.6. The highest BCUT2D eigenvalue weighted by Gasteiger charge is 2.58. The van der Waals surface area contributed by atoms with Crippen molar-refractivity contribution in [2.24, 2.45) is 46.8 Å². The van der Waals surface area contributed by atoms with Crippen LogP contribution < -0.4 is 0 Å². The Kier molecular flexibility index (Phi) is 4.99. The molecule has 0 aliphatic heterocycles. The number of hydrogen-bond donors (Lipinski definition) is 1. The molecule has 28 heavy (non-hydrogen) atoms. The van der Waals surface area contributed by atoms with Crippen LogP contribution in [0.2, 0.25) is 0 Å². The molecule has 0 aromatic heterocycles. The Bertz CT molecular complexity index is 703. The fourth-order valence-electron chi connectivity index (χ4n) is 8.08. The molecule has 2 nitrogen and oxygen atoms in total. The number of aliphatic hydroxyl groups is 1. The van der Waals surface area contributed by atoms with Crippen molar-refractivity contribution < 1.29 is 9.90 Å². The molecule has 0 radical (unpaired) electrons. The Labute approximate surface area is 178 Å². The molecule has 0 bridgehead atoms. The smallest absolute Gasteiger partial charge is 0.147 e. The van der Waals surface area contributed by atoms with Gasteiger partial charge in [-0.1, -0.05) is 34.7 Å². The Hall–Kier alpha value is -0.330. The number of ketones is 1. The lowest BCUT2D eigenvalue weighted by atomic mass is 9.49. The van der Waals surface area contributed by atoms with E-state index in [-0.39, 0.29) is 11.3 Å². The van der Waals surface area contributed by atoms with Gasteiger partial charge in [0.05, 0.1) is 5.33 Å². The topological polar surface area (TPSA) is 37.3 Å². The van der Waals surface area contributed by atoms with Gasteiger partial charge in [0.25, 0.3) is 0 Å². The molecule has 0 amide bonds. The predicted molar refractivity (Wildman–Crippen MR) is 115 cm³/mol. The summed E-state index contributed by atoms with van der Waals surface area (Å²) in [5, 5.41) is 11.6. The van der Waals surface area contributed by atoms with E-state index in [1.807, 2.05) is 0 Å². The quantitative estimate of drug-likeness (QED) is 0.457. The molecule has 0 heterocycles. The van der Waals surface area contributed by atoms with Gasteiger partial charge in [-0.2, -0.15) is 0 Å². The zero-order valence-electron chi connectivity index (χ0n) is 17.3. The molecule has 5 aliphatic carbocycles. The minimum atomic E-state index is -0.708. The Balaban J connectivity index is 1.31. The van der Waals surface area contributed by atoms with E-state index in [4.69, 9.17) is 0 Å². The van der Waals surface area contributed by atoms with Crippen LogP contribution in [0.15, 0.2) is 0 Å². The SMILES string of the molecule is C[C@]12CC[C@H]3[C@@H](CC[C@@H]4C[C@@](O)(C#CC5CC5)CC[C@@H]43)[C@@H]1CC[C@@H]2C(=O)CBr. The van der Waals surface area contributed by atoms with Crippen LogP contribution in [0, 0.1) is 58.7 Å². The Morgan fingerprint density at radius 3 is 2.54 bits per heavy atom. The summed E-state index contributed by atoms with van der Waals surface area (Å²) in [6, 6.07) is 0. The molecule has 0 aromatic carbocycles. The third-order valence-electron chi connectivity index (χ3n) is 9.62. The van der Waals surface area contributed by atoms with E-state index in [0.717, 1.165) is 49.4 Å². The Morgan fingerprint density at radius 2 is 1.79 bits per heavy atom. The van der Waals surface area contributed by atoms with Crippen molar-refractivity contribution >= 4 is 21.7 Å². The molecule has 0 spiro atoms. The minimum absolute atomic E-state index is 0.240. The Morgan fingerprint density at radius 1 is 1.00 bits per heavy atom. The average Bonchev–Trinajstić information content (AvgIpc) is 3.45. The average molecular weight is 447 g/mol. The van der Waals surface area contributed by atoms with E-state index in [9.17, 15) is 9.90 Å². The second-order valence-electron chi connectivity index (χ2n) is 11.0. The van der Waals surface area contributed by atoms with Gasteiger partial charge >= 0.3 is 0 Å². The second kappa shape index (κ2) is 7.12. The van der Waals surface area contributed by atoms with E-state index in [2.05, 4.69) is 34.7 Å². The van der Waals surface area contributed by atoms with Gasteiger partial charge in [0, 0.05) is 11.8 Å². The van der Waals surface area contributed by atoms with Crippen LogP contribution in [-0.4, -0.2) is 21.8 Å². The summed E-state index contributed by atoms with van der Waals surface area (Å²) >= 11 is 3.43. The minimum Gasteiger partial charge on any atom is -0.378 e. The van der Waals surface area contributed by atoms with Gasteiger partial charge in [0.1, 0.15) is 11.4 Å². The maximum atomic E-state index is 12.6. The van der Waals surface area contributed by atoms with Gasteiger partial charge < -0.3 is 5.11 Å². The molecular weight excluding hydrogens is 412 g/mol. The van der Waals surface area contributed by atoms with Gasteiger partial charge in [-0.3, -0.25) is 4.79 Å². The maximum absolute atomic E-state index is 12.6. The van der Waals surface area contributed by atoms with Gasteiger partial charge in [0.2, 0.25) is 0 Å². The lowest BCUT2D eigenvalue weighted by Crippen LogP contribution is -2.51. The van der Waals surface area contributed by atoms with Crippen LogP contribution >= 0.6 is 15.9 Å². The van der Waals surface area contributed by atoms with E-state index >= 15 is 0 Å². The molecule has 0 aromatic rings. The highest BCUT2D eigenvalue weighted by Crippen LogP contribution is 2.64. The van der Waals surface area contributed by atoms with Crippen LogP contribution in [-0.2, 0) is 4.79 Å². The monoisotopic (exact) mass is 446 g/mol. The van der Waals surface area contributed by atoms with Gasteiger partial charge in [0.15, 0.2) is 0 Å². The zero-order chi connectivity index (χ0) is 19.5. The van der Waals surface area contributed by atoms with Gasteiger partial charge in [-0.25, -0.2) is 0 Å². The van der Waals surface area contributed by atoms with Crippen molar-refractivity contribution in [1.29, 1.82) is 0 Å². The fourth-order valence-corrected chi connectivity index (χ4v) is 8.47. The molecule has 5 aliphatic rings. The standard InChI is InChI=1S/C25H35BrO2/c1-24-11-9-19-18-10-13-25(28,12-8-16-2-3-16)14-17(18)4-5-20(19)21(24)6-7-22(24)23(27)15-26/h16-22,28H,2-7,9-11,13-15H2,1H3/t17-,18+,19-,20-,21+,22-,24+,25-/m1/s1. The number of carbonyl (C=O) groups excluding carboxylic acids is 1. The van der Waals surface area contributed by atoms with Crippen molar-refractivity contribution in [3.8, 4) is 11.8 Å². The van der Waals surface area contributed by atoms with E-state index < -0.39 is 5.60 Å². The fraction of sp³-hybridized carbons (Fsp3) is 0.880. The summed E-state index contributed by atoms with van der Waals surface area (Å²) < 4.78 is 0. The lowest BCUT2D eigenvalue weighted by Gasteiger charge is -2.56. The lowest BCUT2D eigenvalue weighted by molar-refractivity contribution is -0.129. The summed E-state index contributed by atoms with van der Waals surface area (Å²) in [4.78, 5) is 12.6. The number of halogens is 1. The first kappa shape index (κ1) is 19.6. The van der Waals surface area contributed by atoms with Crippen LogP contribution in [0.25, 0.3) is 0 Å². The van der Waals surface area contributed by atoms with E-state index in [1.54, 1.807) is 0 Å². The predicted octanol–water partition coefficient (Wildman–Crippen LogP) is 5.36. The summed E-state index contributed by atoms with van der Waals surface area (Å²) in [6.45, 7) is 2.44. The molecule has 5 saturated carbocycles. The zero-order valence-corrected chi connectivity index (χ0v) is 18.8. The molecule has 154 valence electrons. The summed E-state index contributed by atoms with van der Waals surface area (Å²) in [5.74, 6) is 11.8. The van der Waals surface area contributed by atoms with Crippen molar-refractivity contribution in [3.63, 3.8) is 0 Å². The number of carbonyl (C=O) groups is 1. The maximum Gasteiger partial charge on any atom is 0.147 e. The largest absolute Gasteiger partial charge is 0.378 e. The van der Waals surface area contributed by atoms with Crippen LogP contribution in [0.4, 0.5) is 0 Å². The van der Waals surface area contributed by atoms with E-state index in [0.29, 0.717) is 22.9 Å². The number of rotatable bonds is 2. The van der Waals surface area contributed by atoms with Crippen LogP contribution in [0.1, 0.15) is 77.6 Å². The van der Waals surface area contributed by atoms with E-state index in [1.165, 1.54) is 44.9 Å². The third-order valence-corrected chi connectivity index (χ3v) is 10.2. The highest BCUT2D eigenvalue weighted by atomic mass is 79.9. The summed E-state index contributed by atoms with van der Waals surface area (Å²) in [6.07, 6.45) is 12.9. The van der Waals surface area contributed by atoms with Crippen molar-refractivity contribution in [3.05, 3.63) is 0 Å². The van der Waals surface area contributed by atoms with Gasteiger partial charge in [-0.15, -0.1) is 0 Å². The number of alkyl halides is 1. The molecule has 0 saturated heterocycles. The molecular formula is C25H35BrO2. The molecule has 1 N–H and O–H groups in total. The van der Waals surface area contributed by atoms with Crippen molar-refractivity contribution in [2.45, 2.75) is 83.2 Å². The molecule has 3 heteroatoms. The van der Waals surface area contributed by atoms with Crippen molar-refractivity contribution in [1.82, 2.24) is 0 Å². The number of Topliss-reactive ketones (excluding diaryl/α,β-unsaturated/α-hetero) is 1.